The first-order valence-corrected chi connectivity index (χ1v) is 7.31. The minimum atomic E-state index is -0.235. The van der Waals surface area contributed by atoms with Crippen molar-refractivity contribution in [2.45, 2.75) is 19.5 Å². The molecule has 0 aromatic carbocycles. The normalized spacial score (nSPS) is 12.9. The molecule has 0 fully saturated rings. The highest BCUT2D eigenvalue weighted by molar-refractivity contribution is 9.10. The molecule has 0 aliphatic rings. The number of pyridine rings is 1. The van der Waals surface area contributed by atoms with Gasteiger partial charge in [-0.1, -0.05) is 6.07 Å². The summed E-state index contributed by atoms with van der Waals surface area (Å²) in [6, 6.07) is 1.83. The lowest BCUT2D eigenvalue weighted by atomic mass is 10.1. The molecule has 0 aliphatic heterocycles. The van der Waals surface area contributed by atoms with Gasteiger partial charge in [0.2, 0.25) is 0 Å². The Bertz CT molecular complexity index is 579. The quantitative estimate of drug-likeness (QED) is 0.905. The summed E-state index contributed by atoms with van der Waals surface area (Å²) in [6.45, 7) is 3.74. The highest BCUT2D eigenvalue weighted by atomic mass is 79.9. The summed E-state index contributed by atoms with van der Waals surface area (Å²) in [5.74, 6) is 0. The summed E-state index contributed by atoms with van der Waals surface area (Å²) in [5, 5.41) is 4.40. The van der Waals surface area contributed by atoms with Crippen molar-refractivity contribution in [2.24, 2.45) is 5.73 Å². The van der Waals surface area contributed by atoms with Gasteiger partial charge in [-0.2, -0.15) is 5.10 Å². The summed E-state index contributed by atoms with van der Waals surface area (Å²) in [6.07, 6.45) is 5.44. The molecule has 2 heterocycles. The molecule has 6 heteroatoms. The molecule has 108 valence electrons. The monoisotopic (exact) mass is 337 g/mol. The summed E-state index contributed by atoms with van der Waals surface area (Å²) in [4.78, 5) is 6.34. The van der Waals surface area contributed by atoms with Crippen molar-refractivity contribution in [3.8, 4) is 0 Å². The molecule has 2 rings (SSSR count). The number of likely N-dealkylation sites (N-methyl/N-ethyl adjacent to an activating group) is 1. The van der Waals surface area contributed by atoms with Gasteiger partial charge in [0.1, 0.15) is 0 Å². The Hall–Kier alpha value is -1.24. The van der Waals surface area contributed by atoms with Crippen LogP contribution >= 0.6 is 15.9 Å². The minimum absolute atomic E-state index is 0.235. The van der Waals surface area contributed by atoms with E-state index < -0.39 is 0 Å². The van der Waals surface area contributed by atoms with Crippen LogP contribution in [0.25, 0.3) is 0 Å². The zero-order chi connectivity index (χ0) is 14.7. The Morgan fingerprint density at radius 2 is 2.10 bits per heavy atom. The molecule has 20 heavy (non-hydrogen) atoms. The van der Waals surface area contributed by atoms with Crippen LogP contribution in [0.15, 0.2) is 29.1 Å². The van der Waals surface area contributed by atoms with Crippen LogP contribution in [0.5, 0.6) is 0 Å². The van der Waals surface area contributed by atoms with E-state index in [-0.39, 0.29) is 6.04 Å². The zero-order valence-electron chi connectivity index (χ0n) is 12.0. The van der Waals surface area contributed by atoms with Crippen molar-refractivity contribution in [1.29, 1.82) is 0 Å². The summed E-state index contributed by atoms with van der Waals surface area (Å²) in [7, 11) is 4.09. The van der Waals surface area contributed by atoms with Crippen molar-refractivity contribution in [2.75, 3.05) is 20.6 Å². The molecule has 0 bridgehead atoms. The van der Waals surface area contributed by atoms with Gasteiger partial charge in [0, 0.05) is 18.9 Å². The number of nitrogens with two attached hydrogens (primary N) is 1. The second kappa shape index (κ2) is 6.47. The third-order valence-electron chi connectivity index (χ3n) is 3.14. The predicted octanol–water partition coefficient (Wildman–Crippen LogP) is 1.96. The molecule has 2 aromatic rings. The fourth-order valence-electron chi connectivity index (χ4n) is 2.06. The van der Waals surface area contributed by atoms with Crippen molar-refractivity contribution < 1.29 is 0 Å². The number of halogens is 1. The van der Waals surface area contributed by atoms with E-state index in [0.29, 0.717) is 0 Å². The van der Waals surface area contributed by atoms with Crippen LogP contribution in [0.3, 0.4) is 0 Å². The molecule has 1 atom stereocenters. The molecular formula is C14H20BrN5. The van der Waals surface area contributed by atoms with Crippen molar-refractivity contribution in [3.63, 3.8) is 0 Å². The van der Waals surface area contributed by atoms with Crippen LogP contribution in [0, 0.1) is 6.92 Å². The second-order valence-electron chi connectivity index (χ2n) is 5.18. The maximum atomic E-state index is 6.39. The topological polar surface area (TPSA) is 60.0 Å². The van der Waals surface area contributed by atoms with Gasteiger partial charge in [-0.25, -0.2) is 0 Å². The molecule has 0 saturated carbocycles. The van der Waals surface area contributed by atoms with Gasteiger partial charge in [0.05, 0.1) is 29.0 Å². The van der Waals surface area contributed by atoms with Crippen molar-refractivity contribution >= 4 is 15.9 Å². The van der Waals surface area contributed by atoms with E-state index in [9.17, 15) is 0 Å². The van der Waals surface area contributed by atoms with Crippen LogP contribution in [0.4, 0.5) is 0 Å². The Kier molecular flexibility index (Phi) is 4.91. The van der Waals surface area contributed by atoms with Gasteiger partial charge in [0.25, 0.3) is 0 Å². The van der Waals surface area contributed by atoms with Crippen LogP contribution < -0.4 is 5.73 Å². The predicted molar refractivity (Wildman–Crippen MR) is 83.5 cm³/mol. The van der Waals surface area contributed by atoms with Gasteiger partial charge in [-0.3, -0.25) is 9.67 Å². The Morgan fingerprint density at radius 1 is 1.35 bits per heavy atom. The molecule has 0 saturated heterocycles. The molecule has 2 aromatic heterocycles. The standard InChI is InChI=1S/C14H20BrN5/c1-10-6-11(8-17-7-10)13(16)14-12(15)9-18-20(14)5-4-19(2)3/h6-9,13H,4-5,16H2,1-3H3. The van der Waals surface area contributed by atoms with Crippen LogP contribution in [-0.2, 0) is 6.54 Å². The van der Waals surface area contributed by atoms with E-state index >= 15 is 0 Å². The van der Waals surface area contributed by atoms with E-state index in [2.05, 4.69) is 37.0 Å². The first-order chi connectivity index (χ1) is 9.49. The molecule has 5 nitrogen and oxygen atoms in total. The number of hydrogen-bond acceptors (Lipinski definition) is 4. The summed E-state index contributed by atoms with van der Waals surface area (Å²) < 4.78 is 2.89. The highest BCUT2D eigenvalue weighted by Gasteiger charge is 2.18. The molecule has 0 aliphatic carbocycles. The lowest BCUT2D eigenvalue weighted by molar-refractivity contribution is 0.368. The average molecular weight is 338 g/mol. The van der Waals surface area contributed by atoms with Gasteiger partial charge in [-0.05, 0) is 48.1 Å². The first kappa shape index (κ1) is 15.2. The fraction of sp³-hybridized carbons (Fsp3) is 0.429. The number of aromatic nitrogens is 3. The maximum absolute atomic E-state index is 6.39. The first-order valence-electron chi connectivity index (χ1n) is 6.52. The van der Waals surface area contributed by atoms with E-state index in [1.807, 2.05) is 38.1 Å². The number of hydrogen-bond donors (Lipinski definition) is 1. The highest BCUT2D eigenvalue weighted by Crippen LogP contribution is 2.26. The largest absolute Gasteiger partial charge is 0.319 e. The fourth-order valence-corrected chi connectivity index (χ4v) is 2.60. The van der Waals surface area contributed by atoms with E-state index in [1.54, 1.807) is 6.20 Å². The van der Waals surface area contributed by atoms with Crippen molar-refractivity contribution in [3.05, 3.63) is 46.0 Å². The SMILES string of the molecule is Cc1cncc(C(N)c2c(Br)cnn2CCN(C)C)c1. The Balaban J connectivity index is 2.29. The van der Waals surface area contributed by atoms with Gasteiger partial charge >= 0.3 is 0 Å². The van der Waals surface area contributed by atoms with Crippen LogP contribution in [-0.4, -0.2) is 40.3 Å². The van der Waals surface area contributed by atoms with E-state index in [1.165, 1.54) is 0 Å². The summed E-state index contributed by atoms with van der Waals surface area (Å²) in [5.41, 5.74) is 9.48. The molecule has 0 radical (unpaired) electrons. The van der Waals surface area contributed by atoms with Gasteiger partial charge < -0.3 is 10.6 Å². The number of aryl methyl sites for hydroxylation is 1. The smallest absolute Gasteiger partial charge is 0.0749 e. The van der Waals surface area contributed by atoms with Crippen LogP contribution in [0.2, 0.25) is 0 Å². The summed E-state index contributed by atoms with van der Waals surface area (Å²) >= 11 is 3.54. The van der Waals surface area contributed by atoms with Crippen LogP contribution in [0.1, 0.15) is 22.9 Å². The molecule has 2 N–H and O–H groups in total. The third-order valence-corrected chi connectivity index (χ3v) is 3.75. The second-order valence-corrected chi connectivity index (χ2v) is 6.03. The maximum Gasteiger partial charge on any atom is 0.0749 e. The molecule has 0 amide bonds. The third kappa shape index (κ3) is 3.45. The van der Waals surface area contributed by atoms with Gasteiger partial charge in [-0.15, -0.1) is 0 Å². The molecular weight excluding hydrogens is 318 g/mol. The number of rotatable bonds is 5. The Morgan fingerprint density at radius 3 is 2.75 bits per heavy atom. The van der Waals surface area contributed by atoms with Crippen molar-refractivity contribution in [1.82, 2.24) is 19.7 Å². The average Bonchev–Trinajstić information content (AvgIpc) is 2.76. The van der Waals surface area contributed by atoms with E-state index in [4.69, 9.17) is 5.73 Å². The zero-order valence-corrected chi connectivity index (χ0v) is 13.6. The number of nitrogens with zero attached hydrogens (tertiary/aromatic N) is 4. The molecule has 0 spiro atoms. The lowest BCUT2D eigenvalue weighted by Crippen LogP contribution is -2.23. The lowest BCUT2D eigenvalue weighted by Gasteiger charge is -2.17. The minimum Gasteiger partial charge on any atom is -0.319 e. The van der Waals surface area contributed by atoms with E-state index in [0.717, 1.165) is 34.4 Å². The Labute approximate surface area is 127 Å². The molecule has 1 unspecified atom stereocenters. The van der Waals surface area contributed by atoms with Gasteiger partial charge in [0.15, 0.2) is 0 Å².